The van der Waals surface area contributed by atoms with Gasteiger partial charge in [-0.05, 0) is 64.7 Å². The van der Waals surface area contributed by atoms with E-state index >= 15 is 0 Å². The third-order valence-electron chi connectivity index (χ3n) is 6.71. The van der Waals surface area contributed by atoms with Crippen LogP contribution in [0, 0.1) is 12.3 Å². The zero-order chi connectivity index (χ0) is 29.1. The Morgan fingerprint density at radius 1 is 1.15 bits per heavy atom. The van der Waals surface area contributed by atoms with E-state index in [4.69, 9.17) is 27.5 Å². The molecule has 1 N–H and O–H groups in total. The van der Waals surface area contributed by atoms with Gasteiger partial charge in [-0.3, -0.25) is 9.69 Å². The van der Waals surface area contributed by atoms with Gasteiger partial charge in [-0.2, -0.15) is 16.1 Å². The van der Waals surface area contributed by atoms with Gasteiger partial charge >= 0.3 is 0 Å². The molecule has 0 spiro atoms. The van der Waals surface area contributed by atoms with Crippen LogP contribution >= 0.6 is 22.9 Å². The first-order valence-corrected chi connectivity index (χ1v) is 16.2. The van der Waals surface area contributed by atoms with E-state index in [9.17, 15) is 13.2 Å². The van der Waals surface area contributed by atoms with Crippen molar-refractivity contribution < 1.29 is 22.7 Å². The van der Waals surface area contributed by atoms with E-state index < -0.39 is 10.0 Å². The fourth-order valence-electron chi connectivity index (χ4n) is 4.42. The summed E-state index contributed by atoms with van der Waals surface area (Å²) in [5.41, 5.74) is 2.70. The summed E-state index contributed by atoms with van der Waals surface area (Å²) in [6.45, 7) is 5.23. The van der Waals surface area contributed by atoms with Crippen LogP contribution < -0.4 is 9.46 Å². The van der Waals surface area contributed by atoms with Gasteiger partial charge in [0.25, 0.3) is 0 Å². The maximum absolute atomic E-state index is 13.5. The normalized spacial score (nSPS) is 14.0. The van der Waals surface area contributed by atoms with Gasteiger partial charge in [0.15, 0.2) is 0 Å². The lowest BCUT2D eigenvalue weighted by molar-refractivity contribution is -0.131. The van der Waals surface area contributed by atoms with Gasteiger partial charge in [-0.1, -0.05) is 29.7 Å². The molecule has 41 heavy (non-hydrogen) atoms. The summed E-state index contributed by atoms with van der Waals surface area (Å²) in [5, 5.41) is 4.50. The molecular formula is C30H34ClN3O5S2. The van der Waals surface area contributed by atoms with Crippen LogP contribution in [0.1, 0.15) is 16.7 Å². The van der Waals surface area contributed by atoms with Gasteiger partial charge in [0.05, 0.1) is 31.1 Å². The summed E-state index contributed by atoms with van der Waals surface area (Å²) in [5.74, 6) is 2.95. The van der Waals surface area contributed by atoms with E-state index in [1.54, 1.807) is 46.6 Å². The molecule has 1 amide bonds. The topological polar surface area (TPSA) is 88.2 Å². The minimum Gasteiger partial charge on any atom is -0.492 e. The van der Waals surface area contributed by atoms with Crippen molar-refractivity contribution in [3.05, 3.63) is 81.0 Å². The molecule has 0 aliphatic carbocycles. The summed E-state index contributed by atoms with van der Waals surface area (Å²) < 4.78 is 38.6. The Labute approximate surface area is 251 Å². The van der Waals surface area contributed by atoms with Gasteiger partial charge in [0, 0.05) is 43.3 Å². The molecule has 8 nitrogen and oxygen atoms in total. The predicted molar refractivity (Wildman–Crippen MR) is 162 cm³/mol. The molecule has 1 saturated heterocycles. The number of halogens is 1. The van der Waals surface area contributed by atoms with E-state index in [-0.39, 0.29) is 23.8 Å². The van der Waals surface area contributed by atoms with Crippen molar-refractivity contribution in [3.63, 3.8) is 0 Å². The van der Waals surface area contributed by atoms with Crippen molar-refractivity contribution in [1.82, 2.24) is 14.5 Å². The number of nitrogens with zero attached hydrogens (tertiary/aromatic N) is 2. The van der Waals surface area contributed by atoms with Crippen molar-refractivity contribution in [3.8, 4) is 18.1 Å². The lowest BCUT2D eigenvalue weighted by Crippen LogP contribution is -2.38. The van der Waals surface area contributed by atoms with E-state index in [2.05, 4.69) is 15.5 Å². The highest BCUT2D eigenvalue weighted by molar-refractivity contribution is 7.89. The van der Waals surface area contributed by atoms with Crippen LogP contribution in [0.25, 0.3) is 0 Å². The molecule has 3 aromatic rings. The average molecular weight is 616 g/mol. The van der Waals surface area contributed by atoms with Crippen LogP contribution in [0.3, 0.4) is 0 Å². The lowest BCUT2D eigenvalue weighted by atomic mass is 10.1. The fraction of sp³-hybridized carbons (Fsp3) is 0.367. The number of rotatable bonds is 14. The number of sulfonamides is 1. The Morgan fingerprint density at radius 2 is 1.93 bits per heavy atom. The third kappa shape index (κ3) is 9.57. The van der Waals surface area contributed by atoms with Crippen LogP contribution in [0.15, 0.2) is 64.2 Å². The first kappa shape index (κ1) is 31.0. The highest BCUT2D eigenvalue weighted by Crippen LogP contribution is 2.25. The first-order valence-electron chi connectivity index (χ1n) is 13.4. The smallest absolute Gasteiger partial charge is 0.241 e. The predicted octanol–water partition coefficient (Wildman–Crippen LogP) is 3.84. The van der Waals surface area contributed by atoms with Crippen molar-refractivity contribution in [2.45, 2.75) is 24.3 Å². The molecule has 0 bridgehead atoms. The Bertz CT molecular complexity index is 1420. The molecule has 0 atom stereocenters. The largest absolute Gasteiger partial charge is 0.492 e. The van der Waals surface area contributed by atoms with Crippen LogP contribution in [-0.4, -0.2) is 76.7 Å². The summed E-state index contributed by atoms with van der Waals surface area (Å²) in [6, 6.07) is 14.0. The molecule has 0 saturated carbocycles. The molecule has 1 aliphatic rings. The number of amides is 1. The Hall–Kier alpha value is -2.91. The van der Waals surface area contributed by atoms with E-state index in [0.29, 0.717) is 36.9 Å². The zero-order valence-corrected chi connectivity index (χ0v) is 25.1. The van der Waals surface area contributed by atoms with E-state index in [0.717, 1.165) is 49.5 Å². The quantitative estimate of drug-likeness (QED) is 0.277. The van der Waals surface area contributed by atoms with Gasteiger partial charge in [-0.15, -0.1) is 6.42 Å². The van der Waals surface area contributed by atoms with Crippen LogP contribution in [-0.2, 0) is 38.9 Å². The van der Waals surface area contributed by atoms with E-state index in [1.165, 1.54) is 0 Å². The highest BCUT2D eigenvalue weighted by atomic mass is 35.5. The fourth-order valence-corrected chi connectivity index (χ4v) is 6.22. The molecule has 218 valence electrons. The first-order chi connectivity index (χ1) is 19.8. The SMILES string of the molecule is C#CCNS(=O)(=O)c1ccc(CCN(Cc2cc(Cl)ccc2OCCN2CCOCC2)C(=O)Cc2ccsc2)cc1. The van der Waals surface area contributed by atoms with Crippen molar-refractivity contribution in [2.24, 2.45) is 0 Å². The zero-order valence-electron chi connectivity index (χ0n) is 22.8. The Balaban J connectivity index is 1.46. The second-order valence-corrected chi connectivity index (χ2v) is 12.6. The van der Waals surface area contributed by atoms with Crippen LogP contribution in [0.5, 0.6) is 5.75 Å². The molecule has 1 aromatic heterocycles. The van der Waals surface area contributed by atoms with Gasteiger partial charge in [-0.25, -0.2) is 8.42 Å². The van der Waals surface area contributed by atoms with Crippen molar-refractivity contribution >= 4 is 38.9 Å². The minimum atomic E-state index is -3.67. The average Bonchev–Trinajstić information content (AvgIpc) is 3.49. The number of terminal acetylenes is 1. The number of benzene rings is 2. The van der Waals surface area contributed by atoms with Gasteiger partial charge < -0.3 is 14.4 Å². The minimum absolute atomic E-state index is 0.0136. The van der Waals surface area contributed by atoms with Gasteiger partial charge in [0.2, 0.25) is 15.9 Å². The Morgan fingerprint density at radius 3 is 2.63 bits per heavy atom. The van der Waals surface area contributed by atoms with Crippen molar-refractivity contribution in [1.29, 1.82) is 0 Å². The van der Waals surface area contributed by atoms with Crippen LogP contribution in [0.4, 0.5) is 0 Å². The lowest BCUT2D eigenvalue weighted by Gasteiger charge is -2.27. The van der Waals surface area contributed by atoms with Crippen LogP contribution in [0.2, 0.25) is 5.02 Å². The molecule has 11 heteroatoms. The summed E-state index contributed by atoms with van der Waals surface area (Å²) in [7, 11) is -3.67. The molecule has 1 aliphatic heterocycles. The number of hydrogen-bond acceptors (Lipinski definition) is 7. The van der Waals surface area contributed by atoms with E-state index in [1.807, 2.05) is 29.0 Å². The molecule has 4 rings (SSSR count). The number of morpholine rings is 1. The summed E-state index contributed by atoms with van der Waals surface area (Å²) in [4.78, 5) is 17.7. The summed E-state index contributed by atoms with van der Waals surface area (Å²) in [6.07, 6.45) is 6.00. The third-order valence-corrected chi connectivity index (χ3v) is 9.09. The summed E-state index contributed by atoms with van der Waals surface area (Å²) >= 11 is 7.92. The second-order valence-electron chi connectivity index (χ2n) is 9.60. The standard InChI is InChI=1S/C30H34ClN3O5S2/c1-2-11-32-41(36,37)28-6-3-24(4-7-28)9-12-34(30(35)20-25-10-19-40-23-25)22-26-21-27(31)5-8-29(26)39-18-15-33-13-16-38-17-14-33/h1,3-8,10,19,21,23,32H,9,11-18,20,22H2. The number of hydrogen-bond donors (Lipinski definition) is 1. The Kier molecular flexibility index (Phi) is 11.6. The number of carbonyl (C=O) groups is 1. The van der Waals surface area contributed by atoms with Gasteiger partial charge in [0.1, 0.15) is 12.4 Å². The highest BCUT2D eigenvalue weighted by Gasteiger charge is 2.19. The number of nitrogens with one attached hydrogen (secondary N) is 1. The van der Waals surface area contributed by atoms with Crippen molar-refractivity contribution in [2.75, 3.05) is 52.5 Å². The number of thiophene rings is 1. The molecular weight excluding hydrogens is 582 g/mol. The molecule has 2 heterocycles. The second kappa shape index (κ2) is 15.4. The number of carbonyl (C=O) groups excluding carboxylic acids is 1. The molecule has 0 unspecified atom stereocenters. The maximum atomic E-state index is 13.5. The molecule has 2 aromatic carbocycles. The monoisotopic (exact) mass is 615 g/mol. The molecule has 0 radical (unpaired) electrons. The maximum Gasteiger partial charge on any atom is 0.241 e. The number of ether oxygens (including phenoxy) is 2. The molecule has 1 fully saturated rings.